The molecule has 1 amide bonds. The Balaban J connectivity index is 1.50. The zero-order valence-electron chi connectivity index (χ0n) is 19.9. The van der Waals surface area contributed by atoms with Gasteiger partial charge in [0.1, 0.15) is 12.3 Å². The van der Waals surface area contributed by atoms with Crippen LogP contribution in [0, 0.1) is 0 Å². The van der Waals surface area contributed by atoms with E-state index in [0.717, 1.165) is 15.6 Å². The molecule has 0 saturated carbocycles. The minimum Gasteiger partial charge on any atom is -0.493 e. The number of anilines is 1. The third-order valence-electron chi connectivity index (χ3n) is 5.79. The average Bonchev–Trinajstić information content (AvgIpc) is 3.25. The maximum Gasteiger partial charge on any atom is 0.281 e. The largest absolute Gasteiger partial charge is 0.493 e. The minimum atomic E-state index is -0.226. The molecule has 1 aliphatic rings. The first-order valence-corrected chi connectivity index (χ1v) is 12.7. The molecule has 0 N–H and O–H groups in total. The molecule has 184 valence electrons. The van der Waals surface area contributed by atoms with E-state index in [4.69, 9.17) is 21.1 Å². The lowest BCUT2D eigenvalue weighted by Crippen LogP contribution is -2.21. The minimum absolute atomic E-state index is 0.226. The molecule has 0 saturated heterocycles. The second kappa shape index (κ2) is 11.0. The van der Waals surface area contributed by atoms with Crippen LogP contribution in [0.1, 0.15) is 16.7 Å². The van der Waals surface area contributed by atoms with Crippen LogP contribution in [0.25, 0.3) is 6.08 Å². The van der Waals surface area contributed by atoms with E-state index in [2.05, 4.69) is 21.0 Å². The summed E-state index contributed by atoms with van der Waals surface area (Å²) in [6, 6.07) is 30.4. The van der Waals surface area contributed by atoms with Crippen molar-refractivity contribution < 1.29 is 14.3 Å². The number of carbonyl (C=O) groups is 1. The predicted octanol–water partition coefficient (Wildman–Crippen LogP) is 7.52. The quantitative estimate of drug-likeness (QED) is 0.215. The molecule has 4 aromatic carbocycles. The molecule has 0 radical (unpaired) electrons. The number of rotatable bonds is 7. The molecule has 7 heteroatoms. The summed E-state index contributed by atoms with van der Waals surface area (Å²) >= 11 is 10.1. The van der Waals surface area contributed by atoms with Crippen molar-refractivity contribution in [1.82, 2.24) is 0 Å². The van der Waals surface area contributed by atoms with Crippen molar-refractivity contribution in [3.8, 4) is 11.5 Å². The first kappa shape index (κ1) is 24.8. The second-order valence-corrected chi connectivity index (χ2v) is 9.60. The van der Waals surface area contributed by atoms with Crippen LogP contribution in [0.3, 0.4) is 0 Å². The van der Waals surface area contributed by atoms with E-state index in [-0.39, 0.29) is 5.91 Å². The average molecular weight is 574 g/mol. The topological polar surface area (TPSA) is 51.1 Å². The summed E-state index contributed by atoms with van der Waals surface area (Å²) in [6.07, 6.45) is 1.78. The van der Waals surface area contributed by atoms with Crippen molar-refractivity contribution >= 4 is 50.9 Å². The Labute approximate surface area is 228 Å². The van der Waals surface area contributed by atoms with Gasteiger partial charge in [-0.05, 0) is 53.6 Å². The molecule has 0 fully saturated rings. The number of hydrazone groups is 1. The fraction of sp³-hybridized carbons (Fsp3) is 0.0667. The van der Waals surface area contributed by atoms with Gasteiger partial charge < -0.3 is 9.47 Å². The lowest BCUT2D eigenvalue weighted by atomic mass is 10.00. The summed E-state index contributed by atoms with van der Waals surface area (Å²) in [7, 11) is 1.56. The van der Waals surface area contributed by atoms with Gasteiger partial charge in [-0.2, -0.15) is 10.1 Å². The Bertz CT molecular complexity index is 1490. The van der Waals surface area contributed by atoms with E-state index in [1.54, 1.807) is 25.3 Å². The highest BCUT2D eigenvalue weighted by Crippen LogP contribution is 2.38. The molecule has 37 heavy (non-hydrogen) atoms. The Morgan fingerprint density at radius 3 is 2.30 bits per heavy atom. The number of carbonyl (C=O) groups excluding carboxylic acids is 1. The van der Waals surface area contributed by atoms with Crippen molar-refractivity contribution in [2.24, 2.45) is 5.10 Å². The summed E-state index contributed by atoms with van der Waals surface area (Å²) < 4.78 is 12.6. The normalized spacial score (nSPS) is 14.1. The highest BCUT2D eigenvalue weighted by molar-refractivity contribution is 9.10. The fourth-order valence-corrected chi connectivity index (χ4v) is 4.50. The lowest BCUT2D eigenvalue weighted by molar-refractivity contribution is -0.114. The van der Waals surface area contributed by atoms with Crippen LogP contribution in [0.5, 0.6) is 11.5 Å². The highest BCUT2D eigenvalue weighted by Gasteiger charge is 2.32. The van der Waals surface area contributed by atoms with Crippen LogP contribution in [-0.4, -0.2) is 18.7 Å². The van der Waals surface area contributed by atoms with E-state index in [1.807, 2.05) is 84.9 Å². The van der Waals surface area contributed by atoms with Crippen molar-refractivity contribution in [2.75, 3.05) is 12.1 Å². The van der Waals surface area contributed by atoms with Crippen molar-refractivity contribution in [1.29, 1.82) is 0 Å². The van der Waals surface area contributed by atoms with Crippen LogP contribution in [-0.2, 0) is 11.4 Å². The molecule has 1 heterocycles. The highest BCUT2D eigenvalue weighted by atomic mass is 79.9. The van der Waals surface area contributed by atoms with Gasteiger partial charge in [0.15, 0.2) is 11.5 Å². The molecule has 5 rings (SSSR count). The van der Waals surface area contributed by atoms with Gasteiger partial charge in [0, 0.05) is 10.0 Å². The molecule has 0 unspecified atom stereocenters. The summed E-state index contributed by atoms with van der Waals surface area (Å²) in [5.74, 6) is 0.686. The Morgan fingerprint density at radius 1 is 0.946 bits per heavy atom. The molecular formula is C30H22BrClN2O3. The Hall–Kier alpha value is -3.87. The van der Waals surface area contributed by atoms with Gasteiger partial charge in [-0.1, -0.05) is 88.2 Å². The number of hydrogen-bond donors (Lipinski definition) is 0. The fourth-order valence-electron chi connectivity index (χ4n) is 3.96. The standard InChI is InChI=1S/C30H22BrClN2O3/c1-36-27-18-21(17-26(32)29(27)37-19-20-12-14-23(31)15-13-20)16-25-28(22-8-4-2-5-9-22)33-34(30(25)35)24-10-6-3-7-11-24/h2-18H,19H2,1H3/b25-16-. The van der Waals surface area contributed by atoms with Crippen LogP contribution < -0.4 is 14.5 Å². The number of ether oxygens (including phenoxy) is 2. The molecule has 0 aliphatic carbocycles. The number of methoxy groups -OCH3 is 1. The van der Waals surface area contributed by atoms with Crippen LogP contribution in [0.4, 0.5) is 5.69 Å². The number of nitrogens with zero attached hydrogens (tertiary/aromatic N) is 2. The molecule has 5 nitrogen and oxygen atoms in total. The summed E-state index contributed by atoms with van der Waals surface area (Å²) in [6.45, 7) is 0.332. The SMILES string of the molecule is COc1cc(/C=C2\C(=O)N(c3ccccc3)N=C2c2ccccc2)cc(Cl)c1OCc1ccc(Br)cc1. The maximum absolute atomic E-state index is 13.5. The third-order valence-corrected chi connectivity index (χ3v) is 6.59. The van der Waals surface area contributed by atoms with E-state index in [9.17, 15) is 4.79 Å². The van der Waals surface area contributed by atoms with Crippen LogP contribution in [0.2, 0.25) is 5.02 Å². The van der Waals surface area contributed by atoms with Gasteiger partial charge in [-0.25, -0.2) is 0 Å². The smallest absolute Gasteiger partial charge is 0.281 e. The molecule has 0 bridgehead atoms. The first-order chi connectivity index (χ1) is 18.0. The lowest BCUT2D eigenvalue weighted by Gasteiger charge is -2.14. The molecule has 1 aliphatic heterocycles. The number of para-hydroxylation sites is 1. The Kier molecular flexibility index (Phi) is 7.40. The van der Waals surface area contributed by atoms with Gasteiger partial charge in [0.05, 0.1) is 23.4 Å². The molecule has 0 atom stereocenters. The molecule has 0 aromatic heterocycles. The first-order valence-electron chi connectivity index (χ1n) is 11.5. The van der Waals surface area contributed by atoms with E-state index in [1.165, 1.54) is 5.01 Å². The Morgan fingerprint density at radius 2 is 1.62 bits per heavy atom. The molecular weight excluding hydrogens is 552 g/mol. The molecule has 4 aromatic rings. The van der Waals surface area contributed by atoms with Crippen molar-refractivity contribution in [2.45, 2.75) is 6.61 Å². The summed E-state index contributed by atoms with van der Waals surface area (Å²) in [5, 5.41) is 6.48. The zero-order valence-corrected chi connectivity index (χ0v) is 22.2. The van der Waals surface area contributed by atoms with Gasteiger partial charge in [-0.15, -0.1) is 0 Å². The van der Waals surface area contributed by atoms with Gasteiger partial charge in [0.2, 0.25) is 0 Å². The number of hydrogen-bond acceptors (Lipinski definition) is 4. The number of benzene rings is 4. The third kappa shape index (κ3) is 5.45. The second-order valence-electron chi connectivity index (χ2n) is 8.27. The maximum atomic E-state index is 13.5. The number of amides is 1. The van der Waals surface area contributed by atoms with E-state index >= 15 is 0 Å². The van der Waals surface area contributed by atoms with Gasteiger partial charge in [-0.3, -0.25) is 4.79 Å². The summed E-state index contributed by atoms with van der Waals surface area (Å²) in [4.78, 5) is 13.5. The van der Waals surface area contributed by atoms with Gasteiger partial charge in [0.25, 0.3) is 5.91 Å². The summed E-state index contributed by atoms with van der Waals surface area (Å²) in [5.41, 5.74) is 4.26. The van der Waals surface area contributed by atoms with Crippen LogP contribution >= 0.6 is 27.5 Å². The van der Waals surface area contributed by atoms with Gasteiger partial charge >= 0.3 is 0 Å². The van der Waals surface area contributed by atoms with E-state index in [0.29, 0.717) is 45.7 Å². The van der Waals surface area contributed by atoms with Crippen LogP contribution in [0.15, 0.2) is 112 Å². The van der Waals surface area contributed by atoms with Crippen molar-refractivity contribution in [3.05, 3.63) is 129 Å². The molecule has 0 spiro atoms. The van der Waals surface area contributed by atoms with Crippen molar-refractivity contribution in [3.63, 3.8) is 0 Å². The zero-order chi connectivity index (χ0) is 25.8. The van der Waals surface area contributed by atoms with E-state index < -0.39 is 0 Å². The predicted molar refractivity (Wildman–Crippen MR) is 151 cm³/mol. The number of halogens is 2. The monoisotopic (exact) mass is 572 g/mol.